The van der Waals surface area contributed by atoms with Crippen molar-refractivity contribution in [3.63, 3.8) is 0 Å². The molecule has 2 N–H and O–H groups in total. The predicted molar refractivity (Wildman–Crippen MR) is 116 cm³/mol. The van der Waals surface area contributed by atoms with Crippen LogP contribution in [0.2, 0.25) is 0 Å². The molecule has 0 radical (unpaired) electrons. The number of hydrogen-bond donors (Lipinski definition) is 2. The molecule has 3 rings (SSSR count). The van der Waals surface area contributed by atoms with E-state index in [0.29, 0.717) is 11.7 Å². The number of piperidine rings is 1. The van der Waals surface area contributed by atoms with Crippen LogP contribution in [0.3, 0.4) is 0 Å². The first-order chi connectivity index (χ1) is 12.6. The summed E-state index contributed by atoms with van der Waals surface area (Å²) < 4.78 is 1.92. The van der Waals surface area contributed by atoms with Crippen molar-refractivity contribution < 1.29 is 4.79 Å². The van der Waals surface area contributed by atoms with Crippen LogP contribution in [0.4, 0.5) is 0 Å². The summed E-state index contributed by atoms with van der Waals surface area (Å²) in [6.07, 6.45) is 2.02. The molecule has 2 heterocycles. The summed E-state index contributed by atoms with van der Waals surface area (Å²) in [5.74, 6) is -0.168. The molecular weight excluding hydrogens is 399 g/mol. The Labute approximate surface area is 179 Å². The van der Waals surface area contributed by atoms with Crippen molar-refractivity contribution in [1.29, 1.82) is 0 Å². The lowest BCUT2D eigenvalue weighted by Gasteiger charge is -2.24. The molecule has 7 nitrogen and oxygen atoms in total. The van der Waals surface area contributed by atoms with Crippen molar-refractivity contribution in [2.75, 3.05) is 33.7 Å². The predicted octanol–water partition coefficient (Wildman–Crippen LogP) is 2.39. The number of nitrogens with one attached hydrogen (secondary N) is 2. The lowest BCUT2D eigenvalue weighted by Crippen LogP contribution is -2.36. The molecule has 9 heteroatoms. The zero-order valence-electron chi connectivity index (χ0n) is 16.6. The minimum atomic E-state index is -0.168. The highest BCUT2D eigenvalue weighted by Gasteiger charge is 2.24. The zero-order chi connectivity index (χ0) is 18.5. The van der Waals surface area contributed by atoms with E-state index in [4.69, 9.17) is 0 Å². The van der Waals surface area contributed by atoms with Gasteiger partial charge in [0.15, 0.2) is 5.69 Å². The quantitative estimate of drug-likeness (QED) is 0.738. The van der Waals surface area contributed by atoms with Gasteiger partial charge in [-0.15, -0.1) is 29.9 Å². The highest BCUT2D eigenvalue weighted by Crippen LogP contribution is 2.21. The van der Waals surface area contributed by atoms with Crippen molar-refractivity contribution in [2.24, 2.45) is 0 Å². The molecule has 156 valence electrons. The molecule has 0 spiro atoms. The molecule has 1 aliphatic rings. The van der Waals surface area contributed by atoms with Crippen molar-refractivity contribution in [3.05, 3.63) is 47.3 Å². The van der Waals surface area contributed by atoms with E-state index < -0.39 is 0 Å². The molecular formula is C19H30Cl2N6O. The first-order valence-corrected chi connectivity index (χ1v) is 9.19. The molecule has 1 amide bonds. The SMILES string of the molecule is Cc1c(C(=O)NC(CN(C)C)c2ccccc2)nnn1C1CCNCC1.Cl.Cl. The molecule has 2 aromatic rings. The van der Waals surface area contributed by atoms with Crippen molar-refractivity contribution in [2.45, 2.75) is 31.8 Å². The Kier molecular flexibility index (Phi) is 9.89. The third kappa shape index (κ3) is 5.91. The number of amides is 1. The van der Waals surface area contributed by atoms with Gasteiger partial charge in [0.1, 0.15) is 0 Å². The van der Waals surface area contributed by atoms with Gasteiger partial charge in [-0.2, -0.15) is 0 Å². The van der Waals surface area contributed by atoms with Crippen molar-refractivity contribution >= 4 is 30.7 Å². The maximum Gasteiger partial charge on any atom is 0.274 e. The number of halogens is 2. The van der Waals surface area contributed by atoms with Gasteiger partial charge >= 0.3 is 0 Å². The molecule has 1 saturated heterocycles. The standard InChI is InChI=1S/C19H28N6O.2ClH/c1-14-18(22-23-25(14)16-9-11-20-12-10-16)19(26)21-17(13-24(2)3)15-7-5-4-6-8-15;;/h4-8,16-17,20H,9-13H2,1-3H3,(H,21,26);2*1H. The van der Waals surface area contributed by atoms with Crippen molar-refractivity contribution in [3.8, 4) is 0 Å². The monoisotopic (exact) mass is 428 g/mol. The van der Waals surface area contributed by atoms with Crippen LogP contribution in [0.15, 0.2) is 30.3 Å². The Morgan fingerprint density at radius 2 is 1.89 bits per heavy atom. The second kappa shape index (κ2) is 11.4. The lowest BCUT2D eigenvalue weighted by atomic mass is 10.1. The Bertz CT molecular complexity index is 731. The third-order valence-electron chi connectivity index (χ3n) is 4.85. The number of likely N-dealkylation sites (N-methyl/N-ethyl adjacent to an activating group) is 1. The highest BCUT2D eigenvalue weighted by molar-refractivity contribution is 5.93. The normalized spacial score (nSPS) is 15.4. The van der Waals surface area contributed by atoms with Crippen LogP contribution < -0.4 is 10.6 Å². The molecule has 0 bridgehead atoms. The molecule has 28 heavy (non-hydrogen) atoms. The van der Waals surface area contributed by atoms with Gasteiger partial charge in [0.25, 0.3) is 5.91 Å². The summed E-state index contributed by atoms with van der Waals surface area (Å²) in [6, 6.07) is 10.2. The Morgan fingerprint density at radius 1 is 1.25 bits per heavy atom. The van der Waals surface area contributed by atoms with Gasteiger partial charge in [0.05, 0.1) is 17.8 Å². The van der Waals surface area contributed by atoms with Crippen LogP contribution in [0.1, 0.15) is 46.7 Å². The average Bonchev–Trinajstić information content (AvgIpc) is 3.04. The minimum Gasteiger partial charge on any atom is -0.342 e. The smallest absolute Gasteiger partial charge is 0.274 e. The number of hydrogen-bond acceptors (Lipinski definition) is 5. The maximum absolute atomic E-state index is 12.9. The molecule has 0 saturated carbocycles. The molecule has 1 atom stereocenters. The summed E-state index contributed by atoms with van der Waals surface area (Å²) in [7, 11) is 4.00. The molecule has 1 fully saturated rings. The van der Waals surface area contributed by atoms with Crippen LogP contribution >= 0.6 is 24.8 Å². The van der Waals surface area contributed by atoms with Gasteiger partial charge in [-0.05, 0) is 52.5 Å². The van der Waals surface area contributed by atoms with E-state index in [-0.39, 0.29) is 36.8 Å². The van der Waals surface area contributed by atoms with E-state index in [1.165, 1.54) is 0 Å². The molecule has 1 aromatic carbocycles. The lowest BCUT2D eigenvalue weighted by molar-refractivity contribution is 0.0924. The zero-order valence-corrected chi connectivity index (χ0v) is 18.2. The first-order valence-electron chi connectivity index (χ1n) is 9.19. The number of nitrogens with zero attached hydrogens (tertiary/aromatic N) is 4. The number of benzene rings is 1. The number of carbonyl (C=O) groups is 1. The topological polar surface area (TPSA) is 75.1 Å². The highest BCUT2D eigenvalue weighted by atomic mass is 35.5. The summed E-state index contributed by atoms with van der Waals surface area (Å²) in [4.78, 5) is 14.9. The Balaban J connectivity index is 0.00000196. The summed E-state index contributed by atoms with van der Waals surface area (Å²) in [5.41, 5.74) is 2.34. The van der Waals surface area contributed by atoms with Gasteiger partial charge in [-0.25, -0.2) is 4.68 Å². The van der Waals surface area contributed by atoms with Crippen LogP contribution in [0.5, 0.6) is 0 Å². The Morgan fingerprint density at radius 3 is 2.50 bits per heavy atom. The minimum absolute atomic E-state index is 0. The van der Waals surface area contributed by atoms with E-state index in [1.54, 1.807) is 0 Å². The van der Waals surface area contributed by atoms with Gasteiger partial charge < -0.3 is 15.5 Å². The molecule has 1 aliphatic heterocycles. The fourth-order valence-electron chi connectivity index (χ4n) is 3.46. The number of aromatic nitrogens is 3. The van der Waals surface area contributed by atoms with Gasteiger partial charge in [-0.1, -0.05) is 35.5 Å². The molecule has 1 unspecified atom stereocenters. The fraction of sp³-hybridized carbons (Fsp3) is 0.526. The number of rotatable bonds is 6. The van der Waals surface area contributed by atoms with Crippen LogP contribution in [0, 0.1) is 6.92 Å². The van der Waals surface area contributed by atoms with E-state index >= 15 is 0 Å². The Hall–Kier alpha value is -1.67. The average molecular weight is 429 g/mol. The second-order valence-corrected chi connectivity index (χ2v) is 7.15. The third-order valence-corrected chi connectivity index (χ3v) is 4.85. The largest absolute Gasteiger partial charge is 0.342 e. The van der Waals surface area contributed by atoms with Gasteiger partial charge in [-0.3, -0.25) is 4.79 Å². The fourth-order valence-corrected chi connectivity index (χ4v) is 3.46. The second-order valence-electron chi connectivity index (χ2n) is 7.15. The van der Waals surface area contributed by atoms with Crippen molar-refractivity contribution in [1.82, 2.24) is 30.5 Å². The van der Waals surface area contributed by atoms with Crippen LogP contribution in [-0.4, -0.2) is 59.5 Å². The van der Waals surface area contributed by atoms with Gasteiger partial charge in [0.2, 0.25) is 0 Å². The summed E-state index contributed by atoms with van der Waals surface area (Å²) >= 11 is 0. The van der Waals surface area contributed by atoms with E-state index in [1.807, 2.05) is 56.0 Å². The maximum atomic E-state index is 12.9. The molecule has 1 aromatic heterocycles. The molecule has 0 aliphatic carbocycles. The summed E-state index contributed by atoms with van der Waals surface area (Å²) in [6.45, 7) is 4.60. The number of carbonyl (C=O) groups excluding carboxylic acids is 1. The van der Waals surface area contributed by atoms with Crippen LogP contribution in [-0.2, 0) is 0 Å². The van der Waals surface area contributed by atoms with Gasteiger partial charge in [0, 0.05) is 6.54 Å². The first kappa shape index (κ1) is 24.4. The van der Waals surface area contributed by atoms with E-state index in [0.717, 1.165) is 43.7 Å². The summed E-state index contributed by atoms with van der Waals surface area (Å²) in [5, 5.41) is 14.9. The van der Waals surface area contributed by atoms with E-state index in [9.17, 15) is 4.79 Å². The van der Waals surface area contributed by atoms with E-state index in [2.05, 4.69) is 25.8 Å². The van der Waals surface area contributed by atoms with Crippen LogP contribution in [0.25, 0.3) is 0 Å².